The molecule has 4 rings (SSSR count). The van der Waals surface area contributed by atoms with Gasteiger partial charge in [-0.05, 0) is 73.6 Å². The highest BCUT2D eigenvalue weighted by Gasteiger charge is 2.37. The van der Waals surface area contributed by atoms with Crippen molar-refractivity contribution in [1.82, 2.24) is 9.47 Å². The number of phenolic OH excluding ortho intramolecular Hbond substituents is 1. The number of esters is 1. The third-order valence-electron chi connectivity index (χ3n) is 5.85. The van der Waals surface area contributed by atoms with Crippen LogP contribution >= 0.6 is 40.6 Å². The smallest absolute Gasteiger partial charge is 0.416 e. The van der Waals surface area contributed by atoms with Crippen LogP contribution in [0.5, 0.6) is 5.75 Å². The third-order valence-corrected chi connectivity index (χ3v) is 6.89. The van der Waals surface area contributed by atoms with Crippen molar-refractivity contribution in [3.8, 4) is 5.75 Å². The fourth-order valence-electron chi connectivity index (χ4n) is 4.29. The Bertz CT molecular complexity index is 1340. The van der Waals surface area contributed by atoms with Crippen molar-refractivity contribution in [2.45, 2.75) is 38.5 Å². The molecule has 1 aromatic heterocycles. The number of carbonyl (C=O) groups is 1. The van der Waals surface area contributed by atoms with Gasteiger partial charge in [-0.2, -0.15) is 13.2 Å². The van der Waals surface area contributed by atoms with Gasteiger partial charge in [0.2, 0.25) is 0 Å². The number of nitrogens with zero attached hydrogens (tertiary/aromatic N) is 2. The number of aromatic hydroxyl groups is 1. The van der Waals surface area contributed by atoms with Crippen LogP contribution in [0.4, 0.5) is 13.2 Å². The molecule has 5 nitrogen and oxygen atoms in total. The Kier molecular flexibility index (Phi) is 8.44. The first-order valence-electron chi connectivity index (χ1n) is 11.1. The van der Waals surface area contributed by atoms with Crippen molar-refractivity contribution in [3.63, 3.8) is 0 Å². The van der Waals surface area contributed by atoms with Gasteiger partial charge in [0.1, 0.15) is 5.75 Å². The van der Waals surface area contributed by atoms with Crippen LogP contribution in [-0.4, -0.2) is 46.1 Å². The maximum atomic E-state index is 13.4. The number of ether oxygens (including phenoxy) is 1. The number of thiocarbonyl (C=S) groups is 1. The minimum atomic E-state index is -4.53. The van der Waals surface area contributed by atoms with Gasteiger partial charge in [-0.3, -0.25) is 0 Å². The van der Waals surface area contributed by atoms with Crippen LogP contribution in [0, 0.1) is 0 Å². The van der Waals surface area contributed by atoms with E-state index in [0.717, 1.165) is 25.0 Å². The molecule has 0 radical (unpaired) electrons. The topological polar surface area (TPSA) is 54.7 Å². The molecule has 0 aliphatic heterocycles. The highest BCUT2D eigenvalue weighted by atomic mass is 79.9. The van der Waals surface area contributed by atoms with E-state index in [1.165, 1.54) is 12.1 Å². The van der Waals surface area contributed by atoms with Crippen molar-refractivity contribution in [2.75, 3.05) is 20.7 Å². The van der Waals surface area contributed by atoms with Gasteiger partial charge in [0.15, 0.2) is 0 Å². The normalized spacial score (nSPS) is 13.7. The Morgan fingerprint density at radius 1 is 1.28 bits per heavy atom. The number of hydrogen-bond acceptors (Lipinski definition) is 5. The number of phenols is 1. The van der Waals surface area contributed by atoms with Gasteiger partial charge in [-0.15, -0.1) is 12.4 Å². The zero-order valence-electron chi connectivity index (χ0n) is 19.8. The van der Waals surface area contributed by atoms with Crippen molar-refractivity contribution in [3.05, 3.63) is 62.8 Å². The lowest BCUT2D eigenvalue weighted by Gasteiger charge is -2.15. The molecule has 3 aromatic rings. The SMILES string of the molecule is CCOC(=O)c1c(C(=S)c2cccc(C(F)(F)F)c2)n(C2CC2)c2cc(Br)c(O)c(CN(C)C)c12.Cl. The lowest BCUT2D eigenvalue weighted by molar-refractivity contribution is -0.137. The third kappa shape index (κ3) is 5.27. The van der Waals surface area contributed by atoms with Gasteiger partial charge in [0.05, 0.1) is 38.3 Å². The first kappa shape index (κ1) is 28.4. The molecular formula is C25H25BrClF3N2O3S. The van der Waals surface area contributed by atoms with Crippen molar-refractivity contribution >= 4 is 62.3 Å². The first-order valence-corrected chi connectivity index (χ1v) is 12.3. The number of carbonyl (C=O) groups excluding carboxylic acids is 1. The van der Waals surface area contributed by atoms with E-state index in [1.54, 1.807) is 13.0 Å². The van der Waals surface area contributed by atoms with Gasteiger partial charge in [0, 0.05) is 23.5 Å². The summed E-state index contributed by atoms with van der Waals surface area (Å²) in [7, 11) is 3.67. The molecule has 1 N–H and O–H groups in total. The lowest BCUT2D eigenvalue weighted by atomic mass is 9.99. The number of fused-ring (bicyclic) bond motifs is 1. The van der Waals surface area contributed by atoms with Crippen LogP contribution in [0.15, 0.2) is 34.8 Å². The molecule has 1 heterocycles. The van der Waals surface area contributed by atoms with Gasteiger partial charge in [-0.1, -0.05) is 24.4 Å². The Labute approximate surface area is 226 Å². The van der Waals surface area contributed by atoms with Crippen LogP contribution in [0.1, 0.15) is 58.5 Å². The molecule has 0 amide bonds. The molecule has 11 heteroatoms. The second-order valence-corrected chi connectivity index (χ2v) is 10.0. The minimum Gasteiger partial charge on any atom is -0.506 e. The summed E-state index contributed by atoms with van der Waals surface area (Å²) < 4.78 is 48.1. The molecule has 36 heavy (non-hydrogen) atoms. The quantitative estimate of drug-likeness (QED) is 0.181. The molecule has 0 saturated heterocycles. The number of rotatable bonds is 7. The fourth-order valence-corrected chi connectivity index (χ4v) is 5.07. The number of halogens is 5. The minimum absolute atomic E-state index is 0. The van der Waals surface area contributed by atoms with E-state index in [-0.39, 0.29) is 46.8 Å². The average molecular weight is 606 g/mol. The van der Waals surface area contributed by atoms with Gasteiger partial charge >= 0.3 is 12.1 Å². The summed E-state index contributed by atoms with van der Waals surface area (Å²) in [6, 6.07) is 6.56. The second-order valence-electron chi connectivity index (χ2n) is 8.77. The molecule has 1 aliphatic carbocycles. The van der Waals surface area contributed by atoms with Crippen LogP contribution in [0.25, 0.3) is 10.9 Å². The summed E-state index contributed by atoms with van der Waals surface area (Å²) >= 11 is 9.17. The average Bonchev–Trinajstić information content (AvgIpc) is 3.57. The van der Waals surface area contributed by atoms with Crippen LogP contribution in [-0.2, 0) is 17.5 Å². The second kappa shape index (κ2) is 10.7. The molecular weight excluding hydrogens is 581 g/mol. The molecule has 1 saturated carbocycles. The standard InChI is InChI=1S/C25H24BrF3N2O3S.ClH/c1-4-34-24(33)20-19-16(12-30(2)3)22(32)17(26)11-18(19)31(15-8-9-15)21(20)23(35)13-6-5-7-14(10-13)25(27,28)29;/h5-7,10-11,15,32H,4,8-9,12H2,1-3H3;1H. The van der Waals surface area contributed by atoms with Gasteiger partial charge in [-0.25, -0.2) is 4.79 Å². The van der Waals surface area contributed by atoms with E-state index in [2.05, 4.69) is 15.9 Å². The van der Waals surface area contributed by atoms with E-state index < -0.39 is 17.7 Å². The predicted molar refractivity (Wildman–Crippen MR) is 142 cm³/mol. The van der Waals surface area contributed by atoms with Crippen molar-refractivity contribution < 1.29 is 27.8 Å². The predicted octanol–water partition coefficient (Wildman–Crippen LogP) is 6.89. The molecule has 1 fully saturated rings. The maximum absolute atomic E-state index is 13.4. The Morgan fingerprint density at radius 2 is 1.94 bits per heavy atom. The molecule has 0 spiro atoms. The number of aromatic nitrogens is 1. The Balaban J connectivity index is 0.00000361. The Morgan fingerprint density at radius 3 is 2.50 bits per heavy atom. The van der Waals surface area contributed by atoms with Gasteiger partial charge < -0.3 is 19.3 Å². The molecule has 194 valence electrons. The molecule has 2 aromatic carbocycles. The van der Waals surface area contributed by atoms with Crippen LogP contribution in [0.3, 0.4) is 0 Å². The monoisotopic (exact) mass is 604 g/mol. The zero-order chi connectivity index (χ0) is 25.7. The number of hydrogen-bond donors (Lipinski definition) is 1. The molecule has 0 unspecified atom stereocenters. The number of alkyl halides is 3. The molecule has 0 atom stereocenters. The summed E-state index contributed by atoms with van der Waals surface area (Å²) in [4.78, 5) is 15.3. The molecule has 1 aliphatic rings. The summed E-state index contributed by atoms with van der Waals surface area (Å²) in [5.74, 6) is -0.649. The summed E-state index contributed by atoms with van der Waals surface area (Å²) in [6.45, 7) is 2.10. The summed E-state index contributed by atoms with van der Waals surface area (Å²) in [6.07, 6.45) is -2.86. The Hall–Kier alpha value is -2.14. The number of benzene rings is 2. The van der Waals surface area contributed by atoms with Gasteiger partial charge in [0.25, 0.3) is 0 Å². The van der Waals surface area contributed by atoms with Crippen molar-refractivity contribution in [1.29, 1.82) is 0 Å². The first-order chi connectivity index (χ1) is 16.5. The van der Waals surface area contributed by atoms with E-state index in [4.69, 9.17) is 17.0 Å². The van der Waals surface area contributed by atoms with E-state index >= 15 is 0 Å². The lowest BCUT2D eigenvalue weighted by Crippen LogP contribution is -2.16. The summed E-state index contributed by atoms with van der Waals surface area (Å²) in [5, 5.41) is 11.4. The highest BCUT2D eigenvalue weighted by molar-refractivity contribution is 9.10. The van der Waals surface area contributed by atoms with Crippen molar-refractivity contribution in [2.24, 2.45) is 0 Å². The van der Waals surface area contributed by atoms with Crippen LogP contribution in [0.2, 0.25) is 0 Å². The summed E-state index contributed by atoms with van der Waals surface area (Å²) in [5.41, 5.74) is 1.04. The van der Waals surface area contributed by atoms with E-state index in [9.17, 15) is 23.1 Å². The molecule has 0 bridgehead atoms. The van der Waals surface area contributed by atoms with Crippen LogP contribution < -0.4 is 0 Å². The zero-order valence-corrected chi connectivity index (χ0v) is 23.0. The maximum Gasteiger partial charge on any atom is 0.416 e. The largest absolute Gasteiger partial charge is 0.506 e. The van der Waals surface area contributed by atoms with E-state index in [0.29, 0.717) is 33.2 Å². The van der Waals surface area contributed by atoms with E-state index in [1.807, 2.05) is 23.6 Å². The fraction of sp³-hybridized carbons (Fsp3) is 0.360. The highest BCUT2D eigenvalue weighted by Crippen LogP contribution is 2.46.